The molecule has 0 spiro atoms. The van der Waals surface area contributed by atoms with Gasteiger partial charge in [-0.05, 0) is 83.2 Å². The number of thiophene rings is 1. The molecule has 0 bridgehead atoms. The lowest BCUT2D eigenvalue weighted by Gasteiger charge is -2.44. The Bertz CT molecular complexity index is 2160. The van der Waals surface area contributed by atoms with Crippen molar-refractivity contribution in [3.05, 3.63) is 137 Å². The molecule has 0 saturated carbocycles. The molecule has 4 aliphatic rings. The number of aromatic nitrogens is 1. The number of hydrogen-bond acceptors (Lipinski definition) is 3. The lowest BCUT2D eigenvalue weighted by Crippen LogP contribution is -2.41. The van der Waals surface area contributed by atoms with Crippen LogP contribution in [0, 0.1) is 5.41 Å². The maximum absolute atomic E-state index is 4.97. The smallest absolute Gasteiger partial charge is 0.0740 e. The van der Waals surface area contributed by atoms with Gasteiger partial charge in [0.2, 0.25) is 0 Å². The summed E-state index contributed by atoms with van der Waals surface area (Å²) in [6.07, 6.45) is 16.1. The van der Waals surface area contributed by atoms with Crippen molar-refractivity contribution in [2.45, 2.75) is 57.9 Å². The van der Waals surface area contributed by atoms with E-state index >= 15 is 0 Å². The second kappa shape index (κ2) is 9.97. The van der Waals surface area contributed by atoms with E-state index in [2.05, 4.69) is 123 Å². The first kappa shape index (κ1) is 27.3. The fourth-order valence-corrected chi connectivity index (χ4v) is 10.1. The number of hydrogen-bond donors (Lipinski definition) is 1. The fraction of sp³-hybridized carbons (Fsp3) is 0.262. The number of nitrogens with zero attached hydrogens (tertiary/aromatic N) is 1. The summed E-state index contributed by atoms with van der Waals surface area (Å²) < 4.78 is 1.36. The molecule has 1 N–H and O–H groups in total. The molecule has 0 radical (unpaired) electrons. The molecule has 3 heterocycles. The minimum atomic E-state index is -0.100. The van der Waals surface area contributed by atoms with E-state index in [1.165, 1.54) is 65.6 Å². The van der Waals surface area contributed by atoms with Crippen molar-refractivity contribution in [2.75, 3.05) is 6.54 Å². The summed E-state index contributed by atoms with van der Waals surface area (Å²) in [6, 6.07) is 27.6. The van der Waals surface area contributed by atoms with Gasteiger partial charge in [-0.3, -0.25) is 4.98 Å². The molecule has 0 saturated heterocycles. The molecular weight excluding hydrogens is 565 g/mol. The van der Waals surface area contributed by atoms with Crippen LogP contribution < -0.4 is 5.32 Å². The van der Waals surface area contributed by atoms with Crippen LogP contribution in [0.1, 0.15) is 74.9 Å². The molecule has 1 aliphatic heterocycles. The highest BCUT2D eigenvalue weighted by Crippen LogP contribution is 2.57. The van der Waals surface area contributed by atoms with Gasteiger partial charge in [0.25, 0.3) is 0 Å². The molecule has 5 aromatic rings. The lowest BCUT2D eigenvalue weighted by atomic mass is 9.66. The van der Waals surface area contributed by atoms with Crippen LogP contribution in [0.15, 0.2) is 114 Å². The molecule has 45 heavy (non-hydrogen) atoms. The number of nitrogens with one attached hydrogen (secondary N) is 1. The zero-order chi connectivity index (χ0) is 30.3. The van der Waals surface area contributed by atoms with Gasteiger partial charge in [-0.25, -0.2) is 0 Å². The Hall–Kier alpha value is -4.05. The van der Waals surface area contributed by atoms with Crippen molar-refractivity contribution in [3.8, 4) is 10.4 Å². The fourth-order valence-electron chi connectivity index (χ4n) is 8.82. The molecule has 3 aliphatic carbocycles. The summed E-state index contributed by atoms with van der Waals surface area (Å²) in [5.41, 5.74) is 12.6. The standard InChI is InChI=1S/C42H38N2S/c1-41(2)34-17-15-27(38-30-12-5-4-10-26(30)19-22-43-38)24-32(34)37-31-13-6-7-14-36(31)45-39(37)33-25-28(16-18-35(33)41)40-42(3)21-9-8-11-29(42)20-23-44-40/h4-7,9-10,12-14,16,18-22,24-25,40,44H,8,11,15,17,23H2,1-3H3. The minimum absolute atomic E-state index is 0.00849. The Balaban J connectivity index is 1.28. The number of rotatable bonds is 2. The molecule has 2 nitrogen and oxygen atoms in total. The molecule has 2 aromatic heterocycles. The molecule has 3 aromatic carbocycles. The van der Waals surface area contributed by atoms with Gasteiger partial charge in [-0.1, -0.05) is 105 Å². The van der Waals surface area contributed by atoms with E-state index in [1.54, 1.807) is 11.1 Å². The third-order valence-corrected chi connectivity index (χ3v) is 12.4. The van der Waals surface area contributed by atoms with E-state index in [0.29, 0.717) is 0 Å². The first-order valence-corrected chi connectivity index (χ1v) is 17.3. The molecule has 0 amide bonds. The molecule has 222 valence electrons. The molecule has 2 unspecified atom stereocenters. The number of pyridine rings is 1. The van der Waals surface area contributed by atoms with Crippen LogP contribution >= 0.6 is 11.3 Å². The topological polar surface area (TPSA) is 24.9 Å². The Labute approximate surface area is 269 Å². The van der Waals surface area contributed by atoms with Gasteiger partial charge in [-0.15, -0.1) is 11.3 Å². The molecular formula is C42H38N2S. The average molecular weight is 603 g/mol. The Morgan fingerprint density at radius 2 is 1.73 bits per heavy atom. The van der Waals surface area contributed by atoms with Crippen LogP contribution in [0.2, 0.25) is 0 Å². The van der Waals surface area contributed by atoms with E-state index in [9.17, 15) is 0 Å². The highest BCUT2D eigenvalue weighted by molar-refractivity contribution is 7.22. The number of benzene rings is 3. The summed E-state index contributed by atoms with van der Waals surface area (Å²) >= 11 is 1.96. The van der Waals surface area contributed by atoms with Gasteiger partial charge in [0.15, 0.2) is 0 Å². The van der Waals surface area contributed by atoms with Crippen molar-refractivity contribution in [3.63, 3.8) is 0 Å². The zero-order valence-corrected chi connectivity index (χ0v) is 27.1. The third-order valence-electron chi connectivity index (χ3n) is 11.2. The third kappa shape index (κ3) is 4.00. The first-order chi connectivity index (χ1) is 21.9. The monoisotopic (exact) mass is 602 g/mol. The van der Waals surface area contributed by atoms with Crippen LogP contribution in [0.5, 0.6) is 0 Å². The summed E-state index contributed by atoms with van der Waals surface area (Å²) in [4.78, 5) is 6.38. The van der Waals surface area contributed by atoms with Gasteiger partial charge in [0.1, 0.15) is 0 Å². The molecule has 3 heteroatoms. The van der Waals surface area contributed by atoms with Gasteiger partial charge in [0.05, 0.1) is 5.69 Å². The predicted molar refractivity (Wildman–Crippen MR) is 191 cm³/mol. The maximum Gasteiger partial charge on any atom is 0.0740 e. The van der Waals surface area contributed by atoms with E-state index in [0.717, 1.165) is 31.5 Å². The number of allylic oxidation sites excluding steroid dienone is 5. The largest absolute Gasteiger partial charge is 0.305 e. The van der Waals surface area contributed by atoms with E-state index < -0.39 is 0 Å². The average Bonchev–Trinajstić information content (AvgIpc) is 3.43. The molecule has 0 fully saturated rings. The summed E-state index contributed by atoms with van der Waals surface area (Å²) in [6.45, 7) is 8.28. The normalized spacial score (nSPS) is 23.5. The van der Waals surface area contributed by atoms with Crippen molar-refractivity contribution < 1.29 is 0 Å². The van der Waals surface area contributed by atoms with Gasteiger partial charge < -0.3 is 5.32 Å². The van der Waals surface area contributed by atoms with E-state index in [-0.39, 0.29) is 16.9 Å². The zero-order valence-electron chi connectivity index (χ0n) is 26.3. The Morgan fingerprint density at radius 3 is 2.64 bits per heavy atom. The maximum atomic E-state index is 4.97. The predicted octanol–water partition coefficient (Wildman–Crippen LogP) is 11.0. The van der Waals surface area contributed by atoms with E-state index in [4.69, 9.17) is 4.98 Å². The highest BCUT2D eigenvalue weighted by Gasteiger charge is 2.42. The van der Waals surface area contributed by atoms with Crippen molar-refractivity contribution in [1.29, 1.82) is 0 Å². The molecule has 2 atom stereocenters. The summed E-state index contributed by atoms with van der Waals surface area (Å²) in [5.74, 6) is 0. The molecule has 9 rings (SSSR count). The Morgan fingerprint density at radius 1 is 0.889 bits per heavy atom. The van der Waals surface area contributed by atoms with Crippen LogP contribution in [-0.4, -0.2) is 11.5 Å². The van der Waals surface area contributed by atoms with Crippen molar-refractivity contribution >= 4 is 43.3 Å². The van der Waals surface area contributed by atoms with Gasteiger partial charge >= 0.3 is 0 Å². The van der Waals surface area contributed by atoms with Crippen LogP contribution in [0.3, 0.4) is 0 Å². The second-order valence-electron chi connectivity index (χ2n) is 14.0. The lowest BCUT2D eigenvalue weighted by molar-refractivity contribution is 0.312. The quantitative estimate of drug-likeness (QED) is 0.203. The Kier molecular flexibility index (Phi) is 6.05. The highest BCUT2D eigenvalue weighted by atomic mass is 32.1. The first-order valence-electron chi connectivity index (χ1n) is 16.5. The van der Waals surface area contributed by atoms with Crippen molar-refractivity contribution in [1.82, 2.24) is 10.3 Å². The van der Waals surface area contributed by atoms with Crippen LogP contribution in [-0.2, 0) is 5.41 Å². The minimum Gasteiger partial charge on any atom is -0.305 e. The SMILES string of the molecule is CC1(C)C2=C(C=C(c3nccc4ccccc34)CC2)c2c(sc3ccccc23)-c2cc(C3NCC=C4CCC=CC43C)ccc21. The van der Waals surface area contributed by atoms with Crippen molar-refractivity contribution in [2.24, 2.45) is 5.41 Å². The summed E-state index contributed by atoms with van der Waals surface area (Å²) in [5, 5.41) is 7.77. The number of fused-ring (bicyclic) bond motifs is 8. The summed E-state index contributed by atoms with van der Waals surface area (Å²) in [7, 11) is 0. The van der Waals surface area contributed by atoms with E-state index in [1.807, 2.05) is 17.5 Å². The van der Waals surface area contributed by atoms with Crippen LogP contribution in [0.25, 0.3) is 42.4 Å². The van der Waals surface area contributed by atoms with Gasteiger partial charge in [-0.2, -0.15) is 0 Å². The second-order valence-corrected chi connectivity index (χ2v) is 15.0. The van der Waals surface area contributed by atoms with Crippen LogP contribution in [0.4, 0.5) is 0 Å². The van der Waals surface area contributed by atoms with Gasteiger partial charge in [0, 0.05) is 55.5 Å².